The molecule has 0 unspecified atom stereocenters. The lowest BCUT2D eigenvalue weighted by Crippen LogP contribution is -2.56. The molecular formula is C41H50ClN11O5S2. The van der Waals surface area contributed by atoms with Gasteiger partial charge in [0.1, 0.15) is 24.3 Å². The van der Waals surface area contributed by atoms with Crippen molar-refractivity contribution in [1.29, 1.82) is 0 Å². The fourth-order valence-corrected chi connectivity index (χ4v) is 9.77. The van der Waals surface area contributed by atoms with Crippen LogP contribution < -0.4 is 29.5 Å². The Bertz CT molecular complexity index is 2460. The van der Waals surface area contributed by atoms with Gasteiger partial charge in [-0.15, -0.1) is 0 Å². The lowest BCUT2D eigenvalue weighted by Gasteiger charge is -2.42. The van der Waals surface area contributed by atoms with Gasteiger partial charge < -0.3 is 24.9 Å². The standard InChI is InChI=1S/C26H29ClN6O3S.C15H19N5O2S.H2/c1-19-16-31(22-5-7-23(8-6-22)37(35,36)30-25-10-11-28-18-29-25)13-14-33(19)26(34)17-32-12-2-3-20-15-21(27)4-9-24(20)32;1-12-10-20(9-8-17-12)13-2-4-14(5-3-13)23(21,22)19-15-6-7-16-11-18-15;/h4-11,15,18-19H,2-3,12-14,16-17H2,1H3,(H,28,29,30);2-7,11-12,17H,8-10H2,1H3,(H,16,18,19);1H/t19-;12-;/m00./s1. The third-order valence-electron chi connectivity index (χ3n) is 10.6. The number of hydrogen-bond acceptors (Lipinski definition) is 13. The highest BCUT2D eigenvalue weighted by atomic mass is 35.5. The van der Waals surface area contributed by atoms with Crippen molar-refractivity contribution in [3.05, 3.63) is 114 Å². The maximum Gasteiger partial charge on any atom is 0.263 e. The summed E-state index contributed by atoms with van der Waals surface area (Å²) in [6, 6.07) is 23.0. The van der Waals surface area contributed by atoms with Gasteiger partial charge in [-0.3, -0.25) is 14.2 Å². The van der Waals surface area contributed by atoms with E-state index in [-0.39, 0.29) is 34.8 Å². The molecule has 2 atom stereocenters. The third-order valence-corrected chi connectivity index (χ3v) is 13.5. The number of benzene rings is 3. The second-order valence-electron chi connectivity index (χ2n) is 14.9. The monoisotopic (exact) mass is 875 g/mol. The minimum atomic E-state index is -3.75. The maximum absolute atomic E-state index is 13.3. The molecule has 5 heterocycles. The van der Waals surface area contributed by atoms with Crippen LogP contribution >= 0.6 is 11.6 Å². The molecule has 2 aromatic heterocycles. The van der Waals surface area contributed by atoms with E-state index >= 15 is 0 Å². The molecule has 1 amide bonds. The molecule has 16 nitrogen and oxygen atoms in total. The van der Waals surface area contributed by atoms with Gasteiger partial charge in [-0.2, -0.15) is 0 Å². The number of nitrogens with zero attached hydrogens (tertiary/aromatic N) is 8. The molecule has 3 N–H and O–H groups in total. The Balaban J connectivity index is 0.000000223. The van der Waals surface area contributed by atoms with Gasteiger partial charge in [-0.1, -0.05) is 11.6 Å². The topological polar surface area (TPSA) is 186 Å². The second kappa shape index (κ2) is 18.8. The lowest BCUT2D eigenvalue weighted by atomic mass is 10.0. The van der Waals surface area contributed by atoms with Crippen LogP contribution in [0, 0.1) is 0 Å². The van der Waals surface area contributed by atoms with Crippen LogP contribution in [-0.4, -0.2) is 112 Å². The van der Waals surface area contributed by atoms with Crippen LogP contribution in [0.15, 0.2) is 114 Å². The van der Waals surface area contributed by atoms with Crippen LogP contribution in [0.25, 0.3) is 0 Å². The van der Waals surface area contributed by atoms with Crippen LogP contribution in [0.1, 0.15) is 27.3 Å². The normalized spacial score (nSPS) is 18.2. The van der Waals surface area contributed by atoms with Gasteiger partial charge in [0.2, 0.25) is 5.91 Å². The van der Waals surface area contributed by atoms with Crippen LogP contribution in [-0.2, 0) is 31.3 Å². The van der Waals surface area contributed by atoms with Gasteiger partial charge in [0.05, 0.1) is 16.3 Å². The highest BCUT2D eigenvalue weighted by molar-refractivity contribution is 7.93. The Labute approximate surface area is 357 Å². The number of piperazine rings is 2. The SMILES string of the molecule is C[C@H]1CN(c2ccc(S(=O)(=O)Nc3ccncn3)cc2)CCN1.C[C@H]1CN(c2ccc(S(=O)(=O)Nc3ccncn3)cc2)CCN1C(=O)CN1CCCc2cc(Cl)ccc21.[HH]. The first-order valence-electron chi connectivity index (χ1n) is 19.7. The number of amides is 1. The van der Waals surface area contributed by atoms with Crippen molar-refractivity contribution in [2.45, 2.75) is 48.6 Å². The Hall–Kier alpha value is -5.56. The number of anilines is 5. The van der Waals surface area contributed by atoms with Crippen LogP contribution in [0.3, 0.4) is 0 Å². The molecule has 0 aliphatic carbocycles. The molecule has 5 aromatic rings. The number of carbonyl (C=O) groups excluding carboxylic acids is 1. The summed E-state index contributed by atoms with van der Waals surface area (Å²) in [5.41, 5.74) is 4.24. The number of sulfonamides is 2. The summed E-state index contributed by atoms with van der Waals surface area (Å²) < 4.78 is 54.9. The fourth-order valence-electron chi connectivity index (χ4n) is 7.56. The first-order valence-corrected chi connectivity index (χ1v) is 23.0. The lowest BCUT2D eigenvalue weighted by molar-refractivity contribution is -0.132. The predicted octanol–water partition coefficient (Wildman–Crippen LogP) is 4.74. The number of nitrogens with one attached hydrogen (secondary N) is 3. The van der Waals surface area contributed by atoms with Gasteiger partial charge in [0.25, 0.3) is 20.0 Å². The minimum Gasteiger partial charge on any atom is -0.369 e. The van der Waals surface area contributed by atoms with E-state index in [1.165, 1.54) is 42.7 Å². The maximum atomic E-state index is 13.3. The number of aromatic nitrogens is 4. The number of carbonyl (C=O) groups is 1. The largest absolute Gasteiger partial charge is 0.369 e. The van der Waals surface area contributed by atoms with E-state index in [0.717, 1.165) is 61.1 Å². The minimum absolute atomic E-state index is 0. The van der Waals surface area contributed by atoms with Crippen molar-refractivity contribution < 1.29 is 23.1 Å². The number of fused-ring (bicyclic) bond motifs is 1. The zero-order valence-electron chi connectivity index (χ0n) is 33.4. The van der Waals surface area contributed by atoms with E-state index in [1.807, 2.05) is 35.2 Å². The van der Waals surface area contributed by atoms with Gasteiger partial charge in [-0.05, 0) is 111 Å². The molecule has 60 heavy (non-hydrogen) atoms. The van der Waals surface area contributed by atoms with E-state index in [0.29, 0.717) is 32.2 Å². The predicted molar refractivity (Wildman–Crippen MR) is 236 cm³/mol. The molecule has 0 spiro atoms. The summed E-state index contributed by atoms with van der Waals surface area (Å²) in [5, 5.41) is 4.11. The molecule has 2 fully saturated rings. The zero-order valence-corrected chi connectivity index (χ0v) is 35.7. The summed E-state index contributed by atoms with van der Waals surface area (Å²) in [6.45, 7) is 10.1. The van der Waals surface area contributed by atoms with Crippen LogP contribution in [0.2, 0.25) is 5.02 Å². The van der Waals surface area contributed by atoms with E-state index in [1.54, 1.807) is 36.4 Å². The van der Waals surface area contributed by atoms with Crippen molar-refractivity contribution in [3.8, 4) is 0 Å². The molecule has 3 aliphatic heterocycles. The van der Waals surface area contributed by atoms with Crippen molar-refractivity contribution >= 4 is 66.3 Å². The van der Waals surface area contributed by atoms with Gasteiger partial charge in [0.15, 0.2) is 0 Å². The Kier molecular flexibility index (Phi) is 13.3. The summed E-state index contributed by atoms with van der Waals surface area (Å²) >= 11 is 6.16. The van der Waals surface area contributed by atoms with Crippen molar-refractivity contribution in [3.63, 3.8) is 0 Å². The summed E-state index contributed by atoms with van der Waals surface area (Å²) in [5.74, 6) is 0.581. The second-order valence-corrected chi connectivity index (χ2v) is 18.7. The van der Waals surface area contributed by atoms with Crippen molar-refractivity contribution in [1.82, 2.24) is 30.2 Å². The molecule has 8 rings (SSSR count). The zero-order chi connectivity index (χ0) is 42.3. The van der Waals surface area contributed by atoms with E-state index in [4.69, 9.17) is 11.6 Å². The van der Waals surface area contributed by atoms with Crippen LogP contribution in [0.4, 0.5) is 28.7 Å². The fraction of sp³-hybridized carbons (Fsp3) is 0.341. The molecule has 0 radical (unpaired) electrons. The summed E-state index contributed by atoms with van der Waals surface area (Å²) in [6.07, 6.45) is 7.53. The number of aryl methyl sites for hydroxylation is 1. The Morgan fingerprint density at radius 3 is 1.88 bits per heavy atom. The van der Waals surface area contributed by atoms with E-state index in [2.05, 4.69) is 63.2 Å². The first kappa shape index (κ1) is 42.6. The molecule has 0 bridgehead atoms. The average Bonchev–Trinajstić information content (AvgIpc) is 3.24. The van der Waals surface area contributed by atoms with Gasteiger partial charge in [-0.25, -0.2) is 36.8 Å². The third kappa shape index (κ3) is 10.6. The highest BCUT2D eigenvalue weighted by Crippen LogP contribution is 2.30. The number of hydrogen-bond donors (Lipinski definition) is 3. The highest BCUT2D eigenvalue weighted by Gasteiger charge is 2.30. The smallest absolute Gasteiger partial charge is 0.263 e. The van der Waals surface area contributed by atoms with Crippen molar-refractivity contribution in [2.75, 3.05) is 76.5 Å². The number of rotatable bonds is 10. The Morgan fingerprint density at radius 1 is 0.767 bits per heavy atom. The van der Waals surface area contributed by atoms with E-state index in [9.17, 15) is 21.6 Å². The van der Waals surface area contributed by atoms with Gasteiger partial charge >= 0.3 is 0 Å². The average molecular weight is 877 g/mol. The molecule has 0 saturated carbocycles. The number of halogens is 1. The quantitative estimate of drug-likeness (QED) is 0.175. The van der Waals surface area contributed by atoms with Crippen LogP contribution in [0.5, 0.6) is 0 Å². The first-order chi connectivity index (χ1) is 28.8. The molecule has 3 aliphatic rings. The molecule has 3 aromatic carbocycles. The van der Waals surface area contributed by atoms with Crippen molar-refractivity contribution in [2.24, 2.45) is 0 Å². The molecule has 318 valence electrons. The molecular weight excluding hydrogens is 826 g/mol. The Morgan fingerprint density at radius 2 is 1.35 bits per heavy atom. The van der Waals surface area contributed by atoms with E-state index < -0.39 is 20.0 Å². The van der Waals surface area contributed by atoms with Gasteiger partial charge in [0, 0.05) is 93.8 Å². The summed E-state index contributed by atoms with van der Waals surface area (Å²) in [7, 11) is -7.40. The summed E-state index contributed by atoms with van der Waals surface area (Å²) in [4.78, 5) is 37.5. The molecule has 19 heteroatoms. The molecule has 2 saturated heterocycles.